The summed E-state index contributed by atoms with van der Waals surface area (Å²) in [5.41, 5.74) is 1.28. The maximum atomic E-state index is 12.9. The van der Waals surface area contributed by atoms with E-state index in [2.05, 4.69) is 4.98 Å². The highest BCUT2D eigenvalue weighted by Gasteiger charge is 2.21. The summed E-state index contributed by atoms with van der Waals surface area (Å²) in [5.74, 6) is 0.0614. The summed E-state index contributed by atoms with van der Waals surface area (Å²) in [7, 11) is 1.63. The Balaban J connectivity index is 1.73. The van der Waals surface area contributed by atoms with Gasteiger partial charge in [0.2, 0.25) is 0 Å². The lowest BCUT2D eigenvalue weighted by molar-refractivity contribution is 0.0613. The fraction of sp³-hybridized carbons (Fsp3) is 0.529. The molecule has 2 aromatic heterocycles. The number of alkyl halides is 2. The molecule has 130 valence electrons. The van der Waals surface area contributed by atoms with Crippen LogP contribution in [0.2, 0.25) is 0 Å². The second-order valence-electron chi connectivity index (χ2n) is 6.16. The van der Waals surface area contributed by atoms with E-state index in [1.165, 1.54) is 53.4 Å². The van der Waals surface area contributed by atoms with E-state index in [0.29, 0.717) is 4.88 Å². The van der Waals surface area contributed by atoms with E-state index in [-0.39, 0.29) is 18.3 Å². The number of carbonyl (C=O) groups is 1. The Morgan fingerprint density at radius 3 is 2.83 bits per heavy atom. The zero-order chi connectivity index (χ0) is 17.1. The highest BCUT2D eigenvalue weighted by atomic mass is 32.1. The van der Waals surface area contributed by atoms with E-state index in [0.717, 1.165) is 17.4 Å². The van der Waals surface area contributed by atoms with Crippen LogP contribution in [0.3, 0.4) is 0 Å². The quantitative estimate of drug-likeness (QED) is 0.823. The van der Waals surface area contributed by atoms with Crippen LogP contribution < -0.4 is 0 Å². The largest absolute Gasteiger partial charge is 0.334 e. The molecule has 2 heterocycles. The minimum Gasteiger partial charge on any atom is -0.334 e. The fourth-order valence-corrected chi connectivity index (χ4v) is 4.31. The van der Waals surface area contributed by atoms with Crippen molar-refractivity contribution in [1.82, 2.24) is 14.5 Å². The van der Waals surface area contributed by atoms with Crippen LogP contribution in [-0.2, 0) is 19.4 Å². The molecular weight excluding hydrogens is 332 g/mol. The molecule has 0 unspecified atom stereocenters. The number of hydrogen-bond acceptors (Lipinski definition) is 3. The van der Waals surface area contributed by atoms with Gasteiger partial charge in [0.25, 0.3) is 5.91 Å². The molecule has 2 aromatic rings. The first kappa shape index (κ1) is 17.1. The van der Waals surface area contributed by atoms with E-state index in [9.17, 15) is 13.6 Å². The van der Waals surface area contributed by atoms with Crippen molar-refractivity contribution in [1.29, 1.82) is 0 Å². The van der Waals surface area contributed by atoms with Crippen molar-refractivity contribution in [2.75, 3.05) is 7.05 Å². The molecule has 4 nitrogen and oxygen atoms in total. The number of imidazole rings is 1. The number of amides is 1. The third kappa shape index (κ3) is 3.66. The molecule has 0 bridgehead atoms. The van der Waals surface area contributed by atoms with E-state index < -0.39 is 6.55 Å². The van der Waals surface area contributed by atoms with Gasteiger partial charge in [-0.05, 0) is 37.3 Å². The normalized spacial score (nSPS) is 15.0. The second-order valence-corrected chi connectivity index (χ2v) is 7.30. The standard InChI is InChI=1S/C17H21F2N3OS/c1-21(11-15-20-8-9-22(15)17(18)19)16(23)14-10-12-6-4-2-3-5-7-13(12)24-14/h8-10,17H,2-7,11H2,1H3. The predicted molar refractivity (Wildman–Crippen MR) is 89.5 cm³/mol. The maximum Gasteiger partial charge on any atom is 0.319 e. The van der Waals surface area contributed by atoms with Gasteiger partial charge in [0, 0.05) is 24.3 Å². The van der Waals surface area contributed by atoms with Crippen LogP contribution in [0.1, 0.15) is 58.2 Å². The van der Waals surface area contributed by atoms with E-state index in [1.54, 1.807) is 18.4 Å². The molecule has 24 heavy (non-hydrogen) atoms. The topological polar surface area (TPSA) is 38.1 Å². The Morgan fingerprint density at radius 2 is 2.08 bits per heavy atom. The number of thiophene rings is 1. The number of aromatic nitrogens is 2. The van der Waals surface area contributed by atoms with Crippen molar-refractivity contribution in [2.45, 2.75) is 51.6 Å². The van der Waals surface area contributed by atoms with Crippen LogP contribution in [-0.4, -0.2) is 27.4 Å². The van der Waals surface area contributed by atoms with Gasteiger partial charge < -0.3 is 4.90 Å². The van der Waals surface area contributed by atoms with Crippen molar-refractivity contribution < 1.29 is 13.6 Å². The zero-order valence-electron chi connectivity index (χ0n) is 13.7. The lowest BCUT2D eigenvalue weighted by Crippen LogP contribution is -2.27. The minimum absolute atomic E-state index is 0.0682. The number of fused-ring (bicyclic) bond motifs is 1. The lowest BCUT2D eigenvalue weighted by atomic mass is 10.00. The highest BCUT2D eigenvalue weighted by molar-refractivity contribution is 7.14. The van der Waals surface area contributed by atoms with Crippen molar-refractivity contribution in [3.63, 3.8) is 0 Å². The van der Waals surface area contributed by atoms with Crippen LogP contribution >= 0.6 is 11.3 Å². The van der Waals surface area contributed by atoms with Crippen molar-refractivity contribution >= 4 is 17.2 Å². The third-order valence-corrected chi connectivity index (χ3v) is 5.62. The van der Waals surface area contributed by atoms with E-state index in [4.69, 9.17) is 0 Å². The van der Waals surface area contributed by atoms with Crippen LogP contribution in [0.25, 0.3) is 0 Å². The summed E-state index contributed by atoms with van der Waals surface area (Å²) < 4.78 is 26.6. The van der Waals surface area contributed by atoms with Gasteiger partial charge in [-0.3, -0.25) is 9.36 Å². The fourth-order valence-electron chi connectivity index (χ4n) is 3.07. The van der Waals surface area contributed by atoms with Gasteiger partial charge in [-0.1, -0.05) is 12.8 Å². The Labute approximate surface area is 144 Å². The van der Waals surface area contributed by atoms with Gasteiger partial charge in [0.1, 0.15) is 5.82 Å². The first-order valence-corrected chi connectivity index (χ1v) is 9.05. The molecule has 1 amide bonds. The minimum atomic E-state index is -2.65. The second kappa shape index (κ2) is 7.42. The van der Waals surface area contributed by atoms with Crippen LogP contribution in [0.15, 0.2) is 18.5 Å². The molecule has 0 saturated carbocycles. The van der Waals surface area contributed by atoms with Gasteiger partial charge in [-0.2, -0.15) is 8.78 Å². The summed E-state index contributed by atoms with van der Waals surface area (Å²) in [6.07, 6.45) is 9.45. The number of halogens is 2. The molecule has 0 N–H and O–H groups in total. The summed E-state index contributed by atoms with van der Waals surface area (Å²) in [4.78, 5) is 20.0. The summed E-state index contributed by atoms with van der Waals surface area (Å²) in [6, 6.07) is 1.99. The number of rotatable bonds is 4. The molecule has 0 saturated heterocycles. The smallest absolute Gasteiger partial charge is 0.319 e. The molecule has 0 radical (unpaired) electrons. The summed E-state index contributed by atoms with van der Waals surface area (Å²) >= 11 is 1.55. The molecular formula is C17H21F2N3OS. The molecule has 7 heteroatoms. The number of aryl methyl sites for hydroxylation is 2. The first-order chi connectivity index (χ1) is 11.6. The molecule has 3 rings (SSSR count). The van der Waals surface area contributed by atoms with Gasteiger partial charge in [-0.15, -0.1) is 11.3 Å². The summed E-state index contributed by atoms with van der Waals surface area (Å²) in [6.45, 7) is -2.58. The van der Waals surface area contributed by atoms with Gasteiger partial charge >= 0.3 is 6.55 Å². The van der Waals surface area contributed by atoms with Gasteiger partial charge in [0.05, 0.1) is 11.4 Å². The van der Waals surface area contributed by atoms with Crippen molar-refractivity contribution in [3.05, 3.63) is 39.6 Å². The Hall–Kier alpha value is -1.76. The summed E-state index contributed by atoms with van der Waals surface area (Å²) in [5, 5.41) is 0. The Kier molecular flexibility index (Phi) is 5.28. The molecule has 0 aromatic carbocycles. The average Bonchev–Trinajstić information content (AvgIpc) is 3.13. The number of carbonyl (C=O) groups excluding carboxylic acids is 1. The molecule has 0 spiro atoms. The van der Waals surface area contributed by atoms with E-state index >= 15 is 0 Å². The lowest BCUT2D eigenvalue weighted by Gasteiger charge is -2.16. The SMILES string of the molecule is CN(Cc1nccn1C(F)F)C(=O)c1cc2c(s1)CCCCCC2. The van der Waals surface area contributed by atoms with Crippen molar-refractivity contribution in [3.8, 4) is 0 Å². The van der Waals surface area contributed by atoms with Crippen LogP contribution in [0.4, 0.5) is 8.78 Å². The molecule has 0 aliphatic heterocycles. The zero-order valence-corrected chi connectivity index (χ0v) is 14.5. The third-order valence-electron chi connectivity index (χ3n) is 4.39. The maximum absolute atomic E-state index is 12.9. The average molecular weight is 353 g/mol. The Bertz CT molecular complexity index is 685. The van der Waals surface area contributed by atoms with Gasteiger partial charge in [0.15, 0.2) is 0 Å². The monoisotopic (exact) mass is 353 g/mol. The van der Waals surface area contributed by atoms with E-state index in [1.807, 2.05) is 6.07 Å². The molecule has 0 fully saturated rings. The number of hydrogen-bond donors (Lipinski definition) is 0. The molecule has 0 atom stereocenters. The van der Waals surface area contributed by atoms with Gasteiger partial charge in [-0.25, -0.2) is 4.98 Å². The predicted octanol–water partition coefficient (Wildman–Crippen LogP) is 4.27. The molecule has 1 aliphatic rings. The Morgan fingerprint density at radius 1 is 1.33 bits per heavy atom. The highest BCUT2D eigenvalue weighted by Crippen LogP contribution is 2.29. The molecule has 1 aliphatic carbocycles. The van der Waals surface area contributed by atoms with Crippen LogP contribution in [0.5, 0.6) is 0 Å². The van der Waals surface area contributed by atoms with Crippen LogP contribution in [0, 0.1) is 0 Å². The number of nitrogens with zero attached hydrogens (tertiary/aromatic N) is 3. The van der Waals surface area contributed by atoms with Crippen molar-refractivity contribution in [2.24, 2.45) is 0 Å². The first-order valence-electron chi connectivity index (χ1n) is 8.23.